The Morgan fingerprint density at radius 3 is 2.81 bits per heavy atom. The highest BCUT2D eigenvalue weighted by Gasteiger charge is 2.17. The lowest BCUT2D eigenvalue weighted by molar-refractivity contribution is -0.118. The van der Waals surface area contributed by atoms with Crippen molar-refractivity contribution in [2.24, 2.45) is 5.92 Å². The monoisotopic (exact) mass is 289 g/mol. The van der Waals surface area contributed by atoms with Gasteiger partial charge in [-0.05, 0) is 55.5 Å². The van der Waals surface area contributed by atoms with Gasteiger partial charge in [0.05, 0.1) is 0 Å². The van der Waals surface area contributed by atoms with E-state index in [1.807, 2.05) is 31.2 Å². The fraction of sp³-hybridized carbons (Fsp3) is 0.471. The molecule has 0 spiro atoms. The van der Waals surface area contributed by atoms with Crippen LogP contribution in [0.25, 0.3) is 0 Å². The summed E-state index contributed by atoms with van der Waals surface area (Å²) in [6, 6.07) is 7.40. The Bertz CT molecular complexity index is 475. The highest BCUT2D eigenvalue weighted by atomic mass is 16.5. The predicted octanol–water partition coefficient (Wildman–Crippen LogP) is 3.40. The van der Waals surface area contributed by atoms with Gasteiger partial charge in [-0.1, -0.05) is 6.58 Å². The van der Waals surface area contributed by atoms with Gasteiger partial charge in [-0.15, -0.1) is 0 Å². The molecule has 0 radical (unpaired) electrons. The van der Waals surface area contributed by atoms with E-state index >= 15 is 0 Å². The third-order valence-corrected chi connectivity index (χ3v) is 3.35. The van der Waals surface area contributed by atoms with Gasteiger partial charge in [0.2, 0.25) is 5.91 Å². The smallest absolute Gasteiger partial charge is 0.224 e. The third-order valence-electron chi connectivity index (χ3n) is 3.35. The van der Waals surface area contributed by atoms with Crippen molar-refractivity contribution in [1.82, 2.24) is 0 Å². The zero-order chi connectivity index (χ0) is 15.1. The van der Waals surface area contributed by atoms with Gasteiger partial charge in [0, 0.05) is 25.3 Å². The van der Waals surface area contributed by atoms with Gasteiger partial charge in [0.1, 0.15) is 12.4 Å². The maximum atomic E-state index is 12.0. The van der Waals surface area contributed by atoms with Crippen LogP contribution in [-0.2, 0) is 9.53 Å². The molecule has 1 atom stereocenters. The first-order valence-corrected chi connectivity index (χ1v) is 7.38. The molecule has 1 N–H and O–H groups in total. The van der Waals surface area contributed by atoms with E-state index in [9.17, 15) is 4.79 Å². The number of hydrogen-bond acceptors (Lipinski definition) is 3. The topological polar surface area (TPSA) is 47.6 Å². The summed E-state index contributed by atoms with van der Waals surface area (Å²) in [5.74, 6) is 1.16. The fourth-order valence-corrected chi connectivity index (χ4v) is 2.28. The van der Waals surface area contributed by atoms with Gasteiger partial charge >= 0.3 is 0 Å². The van der Waals surface area contributed by atoms with Crippen LogP contribution < -0.4 is 10.1 Å². The Kier molecular flexibility index (Phi) is 5.81. The number of carbonyl (C=O) groups excluding carboxylic acids is 1. The van der Waals surface area contributed by atoms with E-state index < -0.39 is 0 Å². The minimum Gasteiger partial charge on any atom is -0.489 e. The van der Waals surface area contributed by atoms with Gasteiger partial charge in [0.15, 0.2) is 0 Å². The SMILES string of the molecule is C=C(C)COc1ccc(NC(=O)C[C@H]2CCCOC2)cc1. The number of benzene rings is 1. The first kappa shape index (κ1) is 15.6. The second-order valence-electron chi connectivity index (χ2n) is 5.61. The van der Waals surface area contributed by atoms with Gasteiger partial charge in [0.25, 0.3) is 0 Å². The normalized spacial score (nSPS) is 18.0. The molecule has 0 bridgehead atoms. The lowest BCUT2D eigenvalue weighted by Gasteiger charge is -2.21. The van der Waals surface area contributed by atoms with Crippen LogP contribution in [0.15, 0.2) is 36.4 Å². The van der Waals surface area contributed by atoms with Crippen molar-refractivity contribution >= 4 is 11.6 Å². The second kappa shape index (κ2) is 7.84. The van der Waals surface area contributed by atoms with Crippen molar-refractivity contribution in [3.63, 3.8) is 0 Å². The molecule has 1 saturated heterocycles. The van der Waals surface area contributed by atoms with E-state index in [4.69, 9.17) is 9.47 Å². The molecule has 0 unspecified atom stereocenters. The number of ether oxygens (including phenoxy) is 2. The molecule has 21 heavy (non-hydrogen) atoms. The van der Waals surface area contributed by atoms with E-state index in [0.29, 0.717) is 25.6 Å². The lowest BCUT2D eigenvalue weighted by atomic mass is 9.98. The summed E-state index contributed by atoms with van der Waals surface area (Å²) in [6.45, 7) is 7.74. The van der Waals surface area contributed by atoms with Crippen LogP contribution in [0.1, 0.15) is 26.2 Å². The molecular weight excluding hydrogens is 266 g/mol. The van der Waals surface area contributed by atoms with E-state index in [1.165, 1.54) is 0 Å². The molecule has 1 aliphatic rings. The van der Waals surface area contributed by atoms with Gasteiger partial charge in [-0.25, -0.2) is 0 Å². The van der Waals surface area contributed by atoms with Crippen LogP contribution >= 0.6 is 0 Å². The van der Waals surface area contributed by atoms with Crippen LogP contribution in [0.3, 0.4) is 0 Å². The molecule has 0 aromatic heterocycles. The van der Waals surface area contributed by atoms with E-state index in [-0.39, 0.29) is 5.91 Å². The van der Waals surface area contributed by atoms with Crippen LogP contribution in [0.4, 0.5) is 5.69 Å². The minimum absolute atomic E-state index is 0.0427. The van der Waals surface area contributed by atoms with Gasteiger partial charge < -0.3 is 14.8 Å². The lowest BCUT2D eigenvalue weighted by Crippen LogP contribution is -2.23. The van der Waals surface area contributed by atoms with E-state index in [0.717, 1.165) is 36.5 Å². The van der Waals surface area contributed by atoms with E-state index in [1.54, 1.807) is 0 Å². The largest absolute Gasteiger partial charge is 0.489 e. The Balaban J connectivity index is 1.79. The van der Waals surface area contributed by atoms with Crippen LogP contribution in [0, 0.1) is 5.92 Å². The molecule has 1 aromatic carbocycles. The van der Waals surface area contributed by atoms with Crippen LogP contribution in [0.2, 0.25) is 0 Å². The first-order chi connectivity index (χ1) is 10.1. The van der Waals surface area contributed by atoms with Gasteiger partial charge in [-0.3, -0.25) is 4.79 Å². The first-order valence-electron chi connectivity index (χ1n) is 7.38. The summed E-state index contributed by atoms with van der Waals surface area (Å²) in [5, 5.41) is 2.91. The molecule has 4 nitrogen and oxygen atoms in total. The van der Waals surface area contributed by atoms with Crippen molar-refractivity contribution in [2.75, 3.05) is 25.1 Å². The Morgan fingerprint density at radius 2 is 2.19 bits per heavy atom. The van der Waals surface area contributed by atoms with Crippen molar-refractivity contribution in [3.8, 4) is 5.75 Å². The van der Waals surface area contributed by atoms with Gasteiger partial charge in [-0.2, -0.15) is 0 Å². The number of amides is 1. The zero-order valence-electron chi connectivity index (χ0n) is 12.6. The standard InChI is InChI=1S/C17H23NO3/c1-13(2)11-21-16-7-5-15(6-8-16)18-17(19)10-14-4-3-9-20-12-14/h5-8,14H,1,3-4,9-12H2,2H3,(H,18,19)/t14-/m1/s1. The summed E-state index contributed by atoms with van der Waals surface area (Å²) < 4.78 is 10.9. The molecule has 1 aromatic rings. The molecule has 4 heteroatoms. The minimum atomic E-state index is 0.0427. The molecule has 1 amide bonds. The molecule has 0 saturated carbocycles. The molecule has 1 aliphatic heterocycles. The van der Waals surface area contributed by atoms with Crippen molar-refractivity contribution in [1.29, 1.82) is 0 Å². The quantitative estimate of drug-likeness (QED) is 0.817. The second-order valence-corrected chi connectivity index (χ2v) is 5.61. The van der Waals surface area contributed by atoms with Crippen molar-refractivity contribution in [2.45, 2.75) is 26.2 Å². The number of hydrogen-bond donors (Lipinski definition) is 1. The summed E-state index contributed by atoms with van der Waals surface area (Å²) in [7, 11) is 0. The maximum Gasteiger partial charge on any atom is 0.224 e. The average molecular weight is 289 g/mol. The molecule has 1 fully saturated rings. The number of nitrogens with one attached hydrogen (secondary N) is 1. The van der Waals surface area contributed by atoms with Crippen LogP contribution in [0.5, 0.6) is 5.75 Å². The molecule has 0 aliphatic carbocycles. The molecule has 1 heterocycles. The Hall–Kier alpha value is -1.81. The molecule has 2 rings (SSSR count). The molecular formula is C17H23NO3. The Labute approximate surface area is 126 Å². The summed E-state index contributed by atoms with van der Waals surface area (Å²) in [5.41, 5.74) is 1.77. The highest BCUT2D eigenvalue weighted by Crippen LogP contribution is 2.19. The maximum absolute atomic E-state index is 12.0. The van der Waals surface area contributed by atoms with Crippen molar-refractivity contribution < 1.29 is 14.3 Å². The molecule has 114 valence electrons. The summed E-state index contributed by atoms with van der Waals surface area (Å²) >= 11 is 0. The number of carbonyl (C=O) groups is 1. The zero-order valence-corrected chi connectivity index (χ0v) is 12.6. The van der Waals surface area contributed by atoms with Crippen LogP contribution in [-0.4, -0.2) is 25.7 Å². The highest BCUT2D eigenvalue weighted by molar-refractivity contribution is 5.90. The van der Waals surface area contributed by atoms with E-state index in [2.05, 4.69) is 11.9 Å². The summed E-state index contributed by atoms with van der Waals surface area (Å²) in [4.78, 5) is 12.0. The average Bonchev–Trinajstić information content (AvgIpc) is 2.47. The Morgan fingerprint density at radius 1 is 1.43 bits per heavy atom. The summed E-state index contributed by atoms with van der Waals surface area (Å²) in [6.07, 6.45) is 2.64. The van der Waals surface area contributed by atoms with Crippen molar-refractivity contribution in [3.05, 3.63) is 36.4 Å². The number of anilines is 1. The predicted molar refractivity (Wildman–Crippen MR) is 83.5 cm³/mol. The third kappa shape index (κ3) is 5.60. The number of rotatable bonds is 6. The fourth-order valence-electron chi connectivity index (χ4n) is 2.28.